The summed E-state index contributed by atoms with van der Waals surface area (Å²) in [5.74, 6) is 0. The molecule has 0 aromatic heterocycles. The first kappa shape index (κ1) is 9.92. The highest BCUT2D eigenvalue weighted by atomic mass is 16.3. The molecule has 0 fully saturated rings. The maximum absolute atomic E-state index is 8.69. The number of aliphatic hydroxyl groups is 1. The molecule has 1 atom stereocenters. The topological polar surface area (TPSA) is 23.5 Å². The molecule has 2 nitrogen and oxygen atoms in total. The van der Waals surface area contributed by atoms with Crippen LogP contribution in [-0.2, 0) is 0 Å². The van der Waals surface area contributed by atoms with Crippen LogP contribution in [-0.4, -0.2) is 36.2 Å². The standard InChI is InChI=1S/C8H19NO/c1-4-8(6-7-10)9(3)5-2/h8,10H,4-7H2,1-3H3. The summed E-state index contributed by atoms with van der Waals surface area (Å²) in [5.41, 5.74) is 0. The summed E-state index contributed by atoms with van der Waals surface area (Å²) in [6.07, 6.45) is 2.03. The Hall–Kier alpha value is -0.0800. The summed E-state index contributed by atoms with van der Waals surface area (Å²) in [7, 11) is 2.10. The average molecular weight is 145 g/mol. The minimum absolute atomic E-state index is 0.308. The van der Waals surface area contributed by atoms with Crippen molar-refractivity contribution in [3.8, 4) is 0 Å². The van der Waals surface area contributed by atoms with Crippen molar-refractivity contribution < 1.29 is 5.11 Å². The number of hydrogen-bond acceptors (Lipinski definition) is 2. The van der Waals surface area contributed by atoms with E-state index in [0.29, 0.717) is 12.6 Å². The molecule has 1 unspecified atom stereocenters. The predicted molar refractivity (Wildman–Crippen MR) is 44.1 cm³/mol. The Kier molecular flexibility index (Phi) is 5.64. The molecule has 0 aliphatic carbocycles. The van der Waals surface area contributed by atoms with Crippen LogP contribution in [0.5, 0.6) is 0 Å². The lowest BCUT2D eigenvalue weighted by Crippen LogP contribution is -2.31. The molecule has 0 saturated carbocycles. The number of rotatable bonds is 5. The Morgan fingerprint density at radius 2 is 2.00 bits per heavy atom. The lowest BCUT2D eigenvalue weighted by molar-refractivity contribution is 0.187. The molecule has 0 heterocycles. The van der Waals surface area contributed by atoms with Crippen LogP contribution in [0.2, 0.25) is 0 Å². The van der Waals surface area contributed by atoms with Crippen LogP contribution in [0.15, 0.2) is 0 Å². The molecule has 10 heavy (non-hydrogen) atoms. The van der Waals surface area contributed by atoms with Crippen molar-refractivity contribution in [3.05, 3.63) is 0 Å². The van der Waals surface area contributed by atoms with Gasteiger partial charge in [0.05, 0.1) is 0 Å². The molecule has 0 spiro atoms. The zero-order chi connectivity index (χ0) is 7.98. The largest absolute Gasteiger partial charge is 0.396 e. The van der Waals surface area contributed by atoms with Crippen LogP contribution in [0.25, 0.3) is 0 Å². The van der Waals surface area contributed by atoms with Gasteiger partial charge in [-0.05, 0) is 26.4 Å². The number of hydrogen-bond donors (Lipinski definition) is 1. The first-order valence-electron chi connectivity index (χ1n) is 4.07. The molecule has 1 N–H and O–H groups in total. The summed E-state index contributed by atoms with van der Waals surface area (Å²) in [4.78, 5) is 2.27. The van der Waals surface area contributed by atoms with Crippen molar-refractivity contribution in [2.45, 2.75) is 32.7 Å². The Balaban J connectivity index is 3.56. The van der Waals surface area contributed by atoms with Gasteiger partial charge in [-0.3, -0.25) is 0 Å². The lowest BCUT2D eigenvalue weighted by atomic mass is 10.1. The number of aliphatic hydroxyl groups excluding tert-OH is 1. The van der Waals surface area contributed by atoms with Gasteiger partial charge in [0.2, 0.25) is 0 Å². The van der Waals surface area contributed by atoms with E-state index < -0.39 is 0 Å². The molecular formula is C8H19NO. The highest BCUT2D eigenvalue weighted by molar-refractivity contribution is 4.64. The van der Waals surface area contributed by atoms with Crippen molar-refractivity contribution in [1.29, 1.82) is 0 Å². The SMILES string of the molecule is CCC(CCO)N(C)CC. The van der Waals surface area contributed by atoms with E-state index in [9.17, 15) is 0 Å². The van der Waals surface area contributed by atoms with E-state index in [-0.39, 0.29) is 0 Å². The molecule has 0 aliphatic heterocycles. The van der Waals surface area contributed by atoms with E-state index in [0.717, 1.165) is 19.4 Å². The van der Waals surface area contributed by atoms with E-state index in [1.165, 1.54) is 0 Å². The molecule has 0 saturated heterocycles. The van der Waals surface area contributed by atoms with Crippen LogP contribution in [0, 0.1) is 0 Å². The average Bonchev–Trinajstić information content (AvgIpc) is 1.99. The Labute approximate surface area is 63.8 Å². The van der Waals surface area contributed by atoms with Crippen molar-refractivity contribution in [3.63, 3.8) is 0 Å². The Morgan fingerprint density at radius 3 is 2.30 bits per heavy atom. The maximum atomic E-state index is 8.69. The minimum atomic E-state index is 0.308. The Morgan fingerprint density at radius 1 is 1.40 bits per heavy atom. The number of nitrogens with zero attached hydrogens (tertiary/aromatic N) is 1. The monoisotopic (exact) mass is 145 g/mol. The highest BCUT2D eigenvalue weighted by Crippen LogP contribution is 2.04. The van der Waals surface area contributed by atoms with E-state index in [4.69, 9.17) is 5.11 Å². The predicted octanol–water partition coefficient (Wildman–Crippen LogP) is 1.10. The molecule has 0 aliphatic rings. The van der Waals surface area contributed by atoms with Crippen LogP contribution in [0.3, 0.4) is 0 Å². The van der Waals surface area contributed by atoms with Gasteiger partial charge in [-0.2, -0.15) is 0 Å². The van der Waals surface area contributed by atoms with Gasteiger partial charge < -0.3 is 10.0 Å². The summed E-state index contributed by atoms with van der Waals surface area (Å²) >= 11 is 0. The van der Waals surface area contributed by atoms with Crippen molar-refractivity contribution in [2.24, 2.45) is 0 Å². The first-order chi connectivity index (χ1) is 4.76. The molecule has 0 aromatic carbocycles. The van der Waals surface area contributed by atoms with Gasteiger partial charge in [-0.25, -0.2) is 0 Å². The third-order valence-electron chi connectivity index (χ3n) is 2.06. The fourth-order valence-corrected chi connectivity index (χ4v) is 1.14. The van der Waals surface area contributed by atoms with Crippen LogP contribution >= 0.6 is 0 Å². The van der Waals surface area contributed by atoms with Crippen LogP contribution in [0.1, 0.15) is 26.7 Å². The summed E-state index contributed by atoms with van der Waals surface area (Å²) in [6, 6.07) is 0.565. The maximum Gasteiger partial charge on any atom is 0.0445 e. The van der Waals surface area contributed by atoms with Gasteiger partial charge in [0.25, 0.3) is 0 Å². The van der Waals surface area contributed by atoms with Crippen LogP contribution < -0.4 is 0 Å². The fourth-order valence-electron chi connectivity index (χ4n) is 1.14. The van der Waals surface area contributed by atoms with Gasteiger partial charge >= 0.3 is 0 Å². The van der Waals surface area contributed by atoms with Crippen molar-refractivity contribution in [1.82, 2.24) is 4.90 Å². The van der Waals surface area contributed by atoms with Crippen molar-refractivity contribution >= 4 is 0 Å². The van der Waals surface area contributed by atoms with E-state index in [2.05, 4.69) is 25.8 Å². The van der Waals surface area contributed by atoms with E-state index >= 15 is 0 Å². The van der Waals surface area contributed by atoms with Gasteiger partial charge in [-0.15, -0.1) is 0 Å². The third kappa shape index (κ3) is 3.18. The second kappa shape index (κ2) is 5.69. The summed E-state index contributed by atoms with van der Waals surface area (Å²) in [5, 5.41) is 8.69. The van der Waals surface area contributed by atoms with Gasteiger partial charge in [0, 0.05) is 12.6 Å². The van der Waals surface area contributed by atoms with Gasteiger partial charge in [0.1, 0.15) is 0 Å². The molecule has 0 rings (SSSR count). The lowest BCUT2D eigenvalue weighted by Gasteiger charge is -2.24. The summed E-state index contributed by atoms with van der Waals surface area (Å²) < 4.78 is 0. The molecular weight excluding hydrogens is 126 g/mol. The van der Waals surface area contributed by atoms with Gasteiger partial charge in [0.15, 0.2) is 0 Å². The third-order valence-corrected chi connectivity index (χ3v) is 2.06. The first-order valence-corrected chi connectivity index (χ1v) is 4.07. The molecule has 0 amide bonds. The second-order valence-corrected chi connectivity index (χ2v) is 2.65. The molecule has 0 aromatic rings. The zero-order valence-electron chi connectivity index (χ0n) is 7.30. The Bertz CT molecular complexity index is 75.7. The van der Waals surface area contributed by atoms with Gasteiger partial charge in [-0.1, -0.05) is 13.8 Å². The molecule has 2 heteroatoms. The zero-order valence-corrected chi connectivity index (χ0v) is 7.30. The highest BCUT2D eigenvalue weighted by Gasteiger charge is 2.08. The normalized spacial score (nSPS) is 14.1. The fraction of sp³-hybridized carbons (Fsp3) is 1.00. The van der Waals surface area contributed by atoms with Crippen LogP contribution in [0.4, 0.5) is 0 Å². The van der Waals surface area contributed by atoms with E-state index in [1.54, 1.807) is 0 Å². The molecule has 62 valence electrons. The second-order valence-electron chi connectivity index (χ2n) is 2.65. The van der Waals surface area contributed by atoms with E-state index in [1.807, 2.05) is 0 Å². The summed E-state index contributed by atoms with van der Waals surface area (Å²) in [6.45, 7) is 5.67. The molecule has 0 bridgehead atoms. The quantitative estimate of drug-likeness (QED) is 0.626. The molecule has 0 radical (unpaired) electrons. The smallest absolute Gasteiger partial charge is 0.0445 e. The minimum Gasteiger partial charge on any atom is -0.396 e. The van der Waals surface area contributed by atoms with Crippen molar-refractivity contribution in [2.75, 3.05) is 20.2 Å².